The maximum absolute atomic E-state index is 14.1. The standard InChI is InChI=1S/C26H23FN2O5/c1-2-13-28-20-8-4-3-7-19(20)26(25(28)33)21(22(30)16-9-11-17(27)12-10-16)23(31)24(32)29(26)15-18-6-5-14-34-18/h2-4,7-12,18,30H,1,5-6,13-15H2/t18-,26-/m0/s1. The van der Waals surface area contributed by atoms with Gasteiger partial charge in [-0.3, -0.25) is 14.4 Å². The van der Waals surface area contributed by atoms with Gasteiger partial charge >= 0.3 is 0 Å². The van der Waals surface area contributed by atoms with Crippen molar-refractivity contribution in [1.82, 2.24) is 4.90 Å². The average molecular weight is 462 g/mol. The van der Waals surface area contributed by atoms with Crippen LogP contribution in [-0.2, 0) is 24.7 Å². The van der Waals surface area contributed by atoms with Crippen molar-refractivity contribution < 1.29 is 28.6 Å². The number of aliphatic hydroxyl groups is 1. The molecule has 1 N–H and O–H groups in total. The van der Waals surface area contributed by atoms with Crippen molar-refractivity contribution in [2.75, 3.05) is 24.6 Å². The van der Waals surface area contributed by atoms with E-state index in [-0.39, 0.29) is 30.3 Å². The lowest BCUT2D eigenvalue weighted by Crippen LogP contribution is -2.53. The zero-order valence-corrected chi connectivity index (χ0v) is 18.4. The van der Waals surface area contributed by atoms with Gasteiger partial charge in [0.15, 0.2) is 5.54 Å². The molecule has 0 saturated carbocycles. The van der Waals surface area contributed by atoms with Crippen LogP contribution in [0.4, 0.5) is 10.1 Å². The van der Waals surface area contributed by atoms with Crippen molar-refractivity contribution in [2.24, 2.45) is 0 Å². The Bertz CT molecular complexity index is 1230. The number of hydrogen-bond acceptors (Lipinski definition) is 5. The van der Waals surface area contributed by atoms with Crippen molar-refractivity contribution in [3.8, 4) is 0 Å². The number of anilines is 1. The van der Waals surface area contributed by atoms with E-state index in [0.717, 1.165) is 18.6 Å². The molecule has 0 bridgehead atoms. The fourth-order valence-electron chi connectivity index (χ4n) is 5.17. The molecule has 3 aliphatic heterocycles. The van der Waals surface area contributed by atoms with Gasteiger partial charge in [-0.2, -0.15) is 0 Å². The summed E-state index contributed by atoms with van der Waals surface area (Å²) < 4.78 is 19.3. The molecule has 8 heteroatoms. The van der Waals surface area contributed by atoms with E-state index < -0.39 is 34.7 Å². The average Bonchev–Trinajstić information content (AvgIpc) is 3.49. The van der Waals surface area contributed by atoms with Crippen molar-refractivity contribution in [3.05, 3.63) is 83.7 Å². The molecule has 174 valence electrons. The number of ketones is 1. The van der Waals surface area contributed by atoms with Gasteiger partial charge in [0, 0.05) is 30.8 Å². The molecular formula is C26H23FN2O5. The van der Waals surface area contributed by atoms with Crippen LogP contribution in [0.25, 0.3) is 5.76 Å². The zero-order valence-electron chi connectivity index (χ0n) is 18.4. The van der Waals surface area contributed by atoms with Gasteiger partial charge < -0.3 is 19.6 Å². The van der Waals surface area contributed by atoms with E-state index in [9.17, 15) is 23.9 Å². The zero-order chi connectivity index (χ0) is 24.0. The number of hydrogen-bond donors (Lipinski definition) is 1. The molecule has 2 saturated heterocycles. The summed E-state index contributed by atoms with van der Waals surface area (Å²) in [5.41, 5.74) is -1.12. The number of aliphatic hydroxyl groups excluding tert-OH is 1. The Hall–Kier alpha value is -3.78. The molecule has 0 aromatic heterocycles. The van der Waals surface area contributed by atoms with Crippen LogP contribution in [0, 0.1) is 5.82 Å². The molecule has 0 aliphatic carbocycles. The lowest BCUT2D eigenvalue weighted by atomic mass is 9.81. The molecule has 2 fully saturated rings. The van der Waals surface area contributed by atoms with E-state index in [4.69, 9.17) is 4.74 Å². The van der Waals surface area contributed by atoms with Crippen molar-refractivity contribution in [3.63, 3.8) is 0 Å². The van der Waals surface area contributed by atoms with Crippen LogP contribution in [0.3, 0.4) is 0 Å². The van der Waals surface area contributed by atoms with E-state index in [1.54, 1.807) is 30.3 Å². The van der Waals surface area contributed by atoms with Crippen LogP contribution in [-0.4, -0.2) is 53.4 Å². The van der Waals surface area contributed by atoms with Gasteiger partial charge in [-0.25, -0.2) is 4.39 Å². The predicted molar refractivity (Wildman–Crippen MR) is 122 cm³/mol. The molecule has 2 atom stereocenters. The molecule has 3 aliphatic rings. The fourth-order valence-corrected chi connectivity index (χ4v) is 5.17. The number of nitrogens with zero attached hydrogens (tertiary/aromatic N) is 2. The van der Waals surface area contributed by atoms with Crippen LogP contribution < -0.4 is 4.90 Å². The molecule has 3 heterocycles. The largest absolute Gasteiger partial charge is 0.507 e. The molecule has 7 nitrogen and oxygen atoms in total. The summed E-state index contributed by atoms with van der Waals surface area (Å²) in [5.74, 6) is -3.44. The number of fused-ring (bicyclic) bond motifs is 2. The molecule has 2 aromatic carbocycles. The van der Waals surface area contributed by atoms with Gasteiger partial charge in [0.1, 0.15) is 11.6 Å². The highest BCUT2D eigenvalue weighted by Crippen LogP contribution is 2.53. The van der Waals surface area contributed by atoms with E-state index >= 15 is 0 Å². The Morgan fingerprint density at radius 1 is 1.18 bits per heavy atom. The quantitative estimate of drug-likeness (QED) is 0.319. The van der Waals surface area contributed by atoms with Gasteiger partial charge in [0.25, 0.3) is 17.6 Å². The Morgan fingerprint density at radius 3 is 2.59 bits per heavy atom. The first-order valence-electron chi connectivity index (χ1n) is 11.1. The summed E-state index contributed by atoms with van der Waals surface area (Å²) in [6, 6.07) is 11.8. The van der Waals surface area contributed by atoms with Gasteiger partial charge in [0.05, 0.1) is 17.4 Å². The van der Waals surface area contributed by atoms with Gasteiger partial charge in [-0.05, 0) is 43.2 Å². The highest BCUT2D eigenvalue weighted by Gasteiger charge is 2.67. The maximum Gasteiger partial charge on any atom is 0.296 e. The monoisotopic (exact) mass is 462 g/mol. The highest BCUT2D eigenvalue weighted by atomic mass is 19.1. The van der Waals surface area contributed by atoms with Crippen LogP contribution in [0.5, 0.6) is 0 Å². The van der Waals surface area contributed by atoms with Crippen LogP contribution in [0.15, 0.2) is 66.8 Å². The molecule has 5 rings (SSSR count). The summed E-state index contributed by atoms with van der Waals surface area (Å²) in [6.45, 7) is 4.43. The normalized spacial score (nSPS) is 25.4. The molecule has 0 radical (unpaired) electrons. The molecule has 1 spiro atoms. The summed E-state index contributed by atoms with van der Waals surface area (Å²) >= 11 is 0. The summed E-state index contributed by atoms with van der Waals surface area (Å²) in [5, 5.41) is 11.3. The third kappa shape index (κ3) is 3.02. The van der Waals surface area contributed by atoms with Crippen molar-refractivity contribution in [2.45, 2.75) is 24.5 Å². The van der Waals surface area contributed by atoms with E-state index in [1.807, 2.05) is 0 Å². The third-order valence-corrected chi connectivity index (χ3v) is 6.65. The van der Waals surface area contributed by atoms with Crippen LogP contribution in [0.2, 0.25) is 0 Å². The predicted octanol–water partition coefficient (Wildman–Crippen LogP) is 3.11. The maximum atomic E-state index is 14.1. The molecule has 34 heavy (non-hydrogen) atoms. The fraction of sp³-hybridized carbons (Fsp3) is 0.269. The van der Waals surface area contributed by atoms with Crippen LogP contribution >= 0.6 is 0 Å². The van der Waals surface area contributed by atoms with Gasteiger partial charge in [-0.1, -0.05) is 24.3 Å². The second-order valence-electron chi connectivity index (χ2n) is 8.54. The van der Waals surface area contributed by atoms with Gasteiger partial charge in [-0.15, -0.1) is 6.58 Å². The number of benzene rings is 2. The minimum absolute atomic E-state index is 0.0206. The second kappa shape index (κ2) is 8.22. The molecular weight excluding hydrogens is 439 g/mol. The first-order valence-corrected chi connectivity index (χ1v) is 11.1. The number of carbonyl (C=O) groups excluding carboxylic acids is 3. The first kappa shape index (κ1) is 22.0. The number of likely N-dealkylation sites (tertiary alicyclic amines) is 1. The topological polar surface area (TPSA) is 87.2 Å². The number of rotatable bonds is 5. The van der Waals surface area contributed by atoms with Crippen molar-refractivity contribution in [1.29, 1.82) is 0 Å². The number of ether oxygens (including phenoxy) is 1. The van der Waals surface area contributed by atoms with E-state index in [2.05, 4.69) is 6.58 Å². The summed E-state index contributed by atoms with van der Waals surface area (Å²) in [7, 11) is 0. The molecule has 2 amide bonds. The Balaban J connectivity index is 1.79. The lowest BCUT2D eigenvalue weighted by Gasteiger charge is -2.35. The number of Topliss-reactive ketones (excluding diaryl/α,β-unsaturated/α-hetero) is 1. The van der Waals surface area contributed by atoms with Crippen LogP contribution in [0.1, 0.15) is 24.0 Å². The molecule has 0 unspecified atom stereocenters. The lowest BCUT2D eigenvalue weighted by molar-refractivity contribution is -0.145. The second-order valence-corrected chi connectivity index (χ2v) is 8.54. The van der Waals surface area contributed by atoms with Crippen molar-refractivity contribution >= 4 is 29.0 Å². The Kier molecular flexibility index (Phi) is 5.32. The number of para-hydroxylation sites is 1. The summed E-state index contributed by atoms with van der Waals surface area (Å²) in [6.07, 6.45) is 2.71. The number of halogens is 1. The SMILES string of the molecule is C=CCN1C(=O)[C@@]2(C(=C(O)c3ccc(F)cc3)C(=O)C(=O)N2C[C@@H]2CCCO2)c2ccccc21. The Labute approximate surface area is 195 Å². The number of amides is 2. The van der Waals surface area contributed by atoms with E-state index in [1.165, 1.54) is 21.9 Å². The minimum Gasteiger partial charge on any atom is -0.507 e. The molecule has 2 aromatic rings. The van der Waals surface area contributed by atoms with E-state index in [0.29, 0.717) is 24.3 Å². The number of carbonyl (C=O) groups is 3. The highest BCUT2D eigenvalue weighted by molar-refractivity contribution is 6.50. The minimum atomic E-state index is -1.86. The first-order chi connectivity index (χ1) is 16.4. The summed E-state index contributed by atoms with van der Waals surface area (Å²) in [4.78, 5) is 43.7. The third-order valence-electron chi connectivity index (χ3n) is 6.65. The van der Waals surface area contributed by atoms with Gasteiger partial charge in [0.2, 0.25) is 0 Å². The Morgan fingerprint density at radius 2 is 1.91 bits per heavy atom. The smallest absolute Gasteiger partial charge is 0.296 e.